The molecule has 0 saturated carbocycles. The Morgan fingerprint density at radius 2 is 1.88 bits per heavy atom. The molecule has 26 heavy (non-hydrogen) atoms. The standard InChI is InChI=1S/C18H18FN3O3Si/c1-26(2,3)25-17-11-20-18(13-6-4-5-7-15(13)19)14-10-12(22(23)24)8-9-16(14)21-17/h4-10H,11H2,1-3H3. The number of nitro benzene ring substituents is 1. The molecule has 2 aromatic rings. The molecule has 1 aliphatic rings. The quantitative estimate of drug-likeness (QED) is 0.454. The molecular weight excluding hydrogens is 353 g/mol. The van der Waals surface area contributed by atoms with Crippen LogP contribution in [-0.2, 0) is 4.43 Å². The van der Waals surface area contributed by atoms with Crippen LogP contribution in [0, 0.1) is 15.9 Å². The first kappa shape index (κ1) is 17.9. The summed E-state index contributed by atoms with van der Waals surface area (Å²) in [6, 6.07) is 10.5. The summed E-state index contributed by atoms with van der Waals surface area (Å²) >= 11 is 0. The van der Waals surface area contributed by atoms with Crippen LogP contribution in [-0.4, -0.2) is 31.4 Å². The Morgan fingerprint density at radius 1 is 1.15 bits per heavy atom. The van der Waals surface area contributed by atoms with Gasteiger partial charge in [-0.1, -0.05) is 12.1 Å². The van der Waals surface area contributed by atoms with E-state index in [1.165, 1.54) is 18.2 Å². The van der Waals surface area contributed by atoms with E-state index in [1.54, 1.807) is 24.3 Å². The average molecular weight is 371 g/mol. The highest BCUT2D eigenvalue weighted by atomic mass is 28.4. The highest BCUT2D eigenvalue weighted by molar-refractivity contribution is 6.71. The molecule has 1 heterocycles. The number of benzene rings is 2. The fraction of sp³-hybridized carbons (Fsp3) is 0.222. The van der Waals surface area contributed by atoms with E-state index in [0.717, 1.165) is 0 Å². The summed E-state index contributed by atoms with van der Waals surface area (Å²) in [6.45, 7) is 6.23. The molecule has 0 unspecified atom stereocenters. The lowest BCUT2D eigenvalue weighted by atomic mass is 9.99. The molecule has 6 nitrogen and oxygen atoms in total. The van der Waals surface area contributed by atoms with Gasteiger partial charge in [-0.3, -0.25) is 15.1 Å². The Morgan fingerprint density at radius 3 is 2.54 bits per heavy atom. The Hall–Kier alpha value is -2.87. The Balaban J connectivity index is 2.18. The van der Waals surface area contributed by atoms with Crippen LogP contribution >= 0.6 is 0 Å². The lowest BCUT2D eigenvalue weighted by Crippen LogP contribution is -2.30. The number of hydrogen-bond acceptors (Lipinski definition) is 5. The van der Waals surface area contributed by atoms with Gasteiger partial charge in [0.1, 0.15) is 12.4 Å². The molecule has 0 fully saturated rings. The third-order valence-corrected chi connectivity index (χ3v) is 4.46. The number of hydrogen-bond donors (Lipinski definition) is 0. The van der Waals surface area contributed by atoms with Gasteiger partial charge < -0.3 is 4.43 Å². The minimum absolute atomic E-state index is 0.0995. The normalized spacial score (nSPS) is 14.0. The minimum Gasteiger partial charge on any atom is -0.533 e. The van der Waals surface area contributed by atoms with E-state index in [9.17, 15) is 14.5 Å². The number of halogens is 1. The fourth-order valence-corrected chi connectivity index (χ4v) is 3.44. The summed E-state index contributed by atoms with van der Waals surface area (Å²) in [4.78, 5) is 19.7. The van der Waals surface area contributed by atoms with E-state index in [-0.39, 0.29) is 17.8 Å². The van der Waals surface area contributed by atoms with Crippen LogP contribution in [0.2, 0.25) is 19.6 Å². The number of non-ortho nitro benzene ring substituents is 1. The largest absolute Gasteiger partial charge is 0.533 e. The molecule has 8 heteroatoms. The first-order valence-electron chi connectivity index (χ1n) is 8.09. The van der Waals surface area contributed by atoms with E-state index in [2.05, 4.69) is 9.98 Å². The van der Waals surface area contributed by atoms with Crippen LogP contribution in [0.4, 0.5) is 15.8 Å². The number of nitro groups is 1. The molecular formula is C18H18FN3O3Si. The topological polar surface area (TPSA) is 77.1 Å². The van der Waals surface area contributed by atoms with Crippen molar-refractivity contribution in [3.8, 4) is 0 Å². The van der Waals surface area contributed by atoms with E-state index in [0.29, 0.717) is 22.9 Å². The molecule has 0 N–H and O–H groups in total. The van der Waals surface area contributed by atoms with E-state index < -0.39 is 19.1 Å². The van der Waals surface area contributed by atoms with Gasteiger partial charge in [-0.2, -0.15) is 0 Å². The number of nitrogens with zero attached hydrogens (tertiary/aromatic N) is 3. The summed E-state index contributed by atoms with van der Waals surface area (Å²) in [7, 11) is -1.91. The monoisotopic (exact) mass is 371 g/mol. The highest BCUT2D eigenvalue weighted by Crippen LogP contribution is 2.30. The second kappa shape index (κ2) is 6.79. The zero-order valence-corrected chi connectivity index (χ0v) is 15.7. The molecule has 0 aromatic heterocycles. The Bertz CT molecular complexity index is 936. The summed E-state index contributed by atoms with van der Waals surface area (Å²) in [5.74, 6) is -0.0103. The van der Waals surface area contributed by atoms with Crippen molar-refractivity contribution in [3.63, 3.8) is 0 Å². The zero-order chi connectivity index (χ0) is 18.9. The van der Waals surface area contributed by atoms with Gasteiger partial charge in [0.05, 0.1) is 16.3 Å². The smallest absolute Gasteiger partial charge is 0.270 e. The Kier molecular flexibility index (Phi) is 4.69. The van der Waals surface area contributed by atoms with Crippen molar-refractivity contribution in [1.82, 2.24) is 0 Å². The highest BCUT2D eigenvalue weighted by Gasteiger charge is 2.24. The molecule has 134 valence electrons. The molecule has 3 rings (SSSR count). The van der Waals surface area contributed by atoms with E-state index >= 15 is 0 Å². The van der Waals surface area contributed by atoms with Crippen LogP contribution < -0.4 is 0 Å². The van der Waals surface area contributed by atoms with Gasteiger partial charge in [0.2, 0.25) is 8.32 Å². The molecule has 0 saturated heterocycles. The van der Waals surface area contributed by atoms with Crippen molar-refractivity contribution in [3.05, 3.63) is 69.5 Å². The second-order valence-corrected chi connectivity index (χ2v) is 11.3. The molecule has 0 spiro atoms. The lowest BCUT2D eigenvalue weighted by molar-refractivity contribution is -0.384. The molecule has 2 aromatic carbocycles. The first-order valence-corrected chi connectivity index (χ1v) is 11.5. The van der Waals surface area contributed by atoms with Crippen molar-refractivity contribution in [2.45, 2.75) is 19.6 Å². The fourth-order valence-electron chi connectivity index (χ4n) is 2.62. The summed E-state index contributed by atoms with van der Waals surface area (Å²) in [5, 5.41) is 11.2. The maximum atomic E-state index is 14.4. The van der Waals surface area contributed by atoms with Crippen molar-refractivity contribution in [2.24, 2.45) is 9.98 Å². The molecule has 0 atom stereocenters. The SMILES string of the molecule is C[Si](C)(C)OC1=Nc2ccc([N+](=O)[O-])cc2C(c2ccccc2F)=NC1. The minimum atomic E-state index is -1.91. The summed E-state index contributed by atoms with van der Waals surface area (Å²) < 4.78 is 20.3. The average Bonchev–Trinajstić information content (AvgIpc) is 2.72. The maximum absolute atomic E-state index is 14.4. The third kappa shape index (κ3) is 3.85. The third-order valence-electron chi connectivity index (χ3n) is 3.62. The van der Waals surface area contributed by atoms with Gasteiger partial charge in [-0.15, -0.1) is 0 Å². The van der Waals surface area contributed by atoms with Gasteiger partial charge >= 0.3 is 0 Å². The van der Waals surface area contributed by atoms with Crippen molar-refractivity contribution >= 4 is 31.3 Å². The molecule has 0 amide bonds. The molecule has 0 aliphatic carbocycles. The predicted molar refractivity (Wildman–Crippen MR) is 102 cm³/mol. The molecule has 0 bridgehead atoms. The van der Waals surface area contributed by atoms with Crippen LogP contribution in [0.15, 0.2) is 52.4 Å². The number of fused-ring (bicyclic) bond motifs is 1. The van der Waals surface area contributed by atoms with Crippen LogP contribution in [0.5, 0.6) is 0 Å². The van der Waals surface area contributed by atoms with Gasteiger partial charge in [0, 0.05) is 23.3 Å². The van der Waals surface area contributed by atoms with Crippen LogP contribution in [0.25, 0.3) is 0 Å². The van der Waals surface area contributed by atoms with Gasteiger partial charge in [0.25, 0.3) is 5.69 Å². The second-order valence-electron chi connectivity index (χ2n) is 6.82. The predicted octanol–water partition coefficient (Wildman–Crippen LogP) is 4.47. The van der Waals surface area contributed by atoms with Crippen molar-refractivity contribution in [1.29, 1.82) is 0 Å². The van der Waals surface area contributed by atoms with Gasteiger partial charge in [-0.25, -0.2) is 9.38 Å². The maximum Gasteiger partial charge on any atom is 0.270 e. The Labute approximate surface area is 151 Å². The number of rotatable bonds is 3. The summed E-state index contributed by atoms with van der Waals surface area (Å²) in [5.41, 5.74) is 1.40. The van der Waals surface area contributed by atoms with Crippen LogP contribution in [0.3, 0.4) is 0 Å². The summed E-state index contributed by atoms with van der Waals surface area (Å²) in [6.07, 6.45) is 0. The van der Waals surface area contributed by atoms with Gasteiger partial charge in [-0.05, 0) is 37.8 Å². The lowest BCUT2D eigenvalue weighted by Gasteiger charge is -2.19. The van der Waals surface area contributed by atoms with E-state index in [1.807, 2.05) is 19.6 Å². The molecule has 0 radical (unpaired) electrons. The van der Waals surface area contributed by atoms with Crippen molar-refractivity contribution < 1.29 is 13.7 Å². The zero-order valence-electron chi connectivity index (χ0n) is 14.7. The van der Waals surface area contributed by atoms with Crippen molar-refractivity contribution in [2.75, 3.05) is 6.54 Å². The van der Waals surface area contributed by atoms with Crippen LogP contribution in [0.1, 0.15) is 11.1 Å². The molecule has 1 aliphatic heterocycles. The first-order chi connectivity index (χ1) is 12.2. The number of aliphatic imine (C=N–C) groups is 2. The van der Waals surface area contributed by atoms with E-state index in [4.69, 9.17) is 4.43 Å². The van der Waals surface area contributed by atoms with Gasteiger partial charge in [0.15, 0.2) is 5.90 Å².